The first-order valence-corrected chi connectivity index (χ1v) is 22.3. The summed E-state index contributed by atoms with van der Waals surface area (Å²) in [7, 11) is -2.24. The van der Waals surface area contributed by atoms with Crippen molar-refractivity contribution in [2.24, 2.45) is 7.05 Å². The number of carbonyl (C=O) groups excluding carboxylic acids is 5. The molecule has 20 heteroatoms. The number of carbonyl (C=O) groups is 6. The Hall–Kier alpha value is -7.19. The Bertz CT molecular complexity index is 2880. The second-order valence-electron chi connectivity index (χ2n) is 16.1. The van der Waals surface area contributed by atoms with E-state index in [9.17, 15) is 42.3 Å². The topological polar surface area (TPSA) is 246 Å². The maximum atomic E-state index is 13.9. The molecule has 1 saturated heterocycles. The normalized spacial score (nSPS) is 18.6. The number of para-hydroxylation sites is 1. The molecule has 4 aromatic carbocycles. The molecule has 0 bridgehead atoms. The first kappa shape index (κ1) is 44.4. The van der Waals surface area contributed by atoms with Crippen LogP contribution in [0.1, 0.15) is 81.5 Å². The fraction of sp³-hybridized carbons (Fsp3) is 0.333. The van der Waals surface area contributed by atoms with Gasteiger partial charge < -0.3 is 24.6 Å². The van der Waals surface area contributed by atoms with Crippen molar-refractivity contribution in [1.82, 2.24) is 34.8 Å². The van der Waals surface area contributed by atoms with E-state index in [0.717, 1.165) is 10.5 Å². The molecule has 1 aromatic heterocycles. The lowest BCUT2D eigenvalue weighted by atomic mass is 9.86. The number of carboxylic acid groups (broad SMARTS) is 1. The molecule has 5 amide bonds. The third kappa shape index (κ3) is 8.99. The Morgan fingerprint density at radius 3 is 2.57 bits per heavy atom. The fourth-order valence-corrected chi connectivity index (χ4v) is 9.94. The minimum Gasteiger partial charge on any atom is -0.491 e. The summed E-state index contributed by atoms with van der Waals surface area (Å²) >= 11 is 0. The zero-order valence-electron chi connectivity index (χ0n) is 35.6. The van der Waals surface area contributed by atoms with Gasteiger partial charge in [-0.15, -0.1) is 5.10 Å². The number of benzene rings is 4. The Balaban J connectivity index is 0.927. The van der Waals surface area contributed by atoms with E-state index in [-0.39, 0.29) is 73.0 Å². The van der Waals surface area contributed by atoms with Crippen molar-refractivity contribution in [3.05, 3.63) is 106 Å². The lowest BCUT2D eigenvalue weighted by Crippen LogP contribution is -2.54. The number of aromatic nitrogens is 3. The summed E-state index contributed by atoms with van der Waals surface area (Å²) in [5.41, 5.74) is 3.73. The minimum absolute atomic E-state index is 0.00324. The third-order valence-electron chi connectivity index (χ3n) is 11.5. The van der Waals surface area contributed by atoms with Crippen LogP contribution in [0.3, 0.4) is 0 Å². The van der Waals surface area contributed by atoms with Crippen LogP contribution in [0.4, 0.5) is 0 Å². The molecule has 0 aliphatic carbocycles. The van der Waals surface area contributed by atoms with Crippen molar-refractivity contribution in [1.29, 1.82) is 0 Å². The molecule has 3 N–H and O–H groups in total. The van der Waals surface area contributed by atoms with Gasteiger partial charge in [0.15, 0.2) is 6.61 Å². The average Bonchev–Trinajstić information content (AvgIpc) is 3.74. The first-order valence-electron chi connectivity index (χ1n) is 20.9. The van der Waals surface area contributed by atoms with E-state index >= 15 is 0 Å². The van der Waals surface area contributed by atoms with Crippen molar-refractivity contribution in [3.63, 3.8) is 0 Å². The maximum absolute atomic E-state index is 13.9. The number of aryl methyl sites for hydroxylation is 2. The predicted molar refractivity (Wildman–Crippen MR) is 230 cm³/mol. The number of piperidine rings is 1. The van der Waals surface area contributed by atoms with Gasteiger partial charge in [-0.25, -0.2) is 13.1 Å². The molecule has 19 nitrogen and oxygen atoms in total. The Morgan fingerprint density at radius 1 is 0.985 bits per heavy atom. The van der Waals surface area contributed by atoms with Gasteiger partial charge in [0.25, 0.3) is 17.7 Å². The zero-order chi connectivity index (χ0) is 46.2. The number of hydrogen-bond acceptors (Lipinski definition) is 13. The molecule has 8 rings (SSSR count). The van der Waals surface area contributed by atoms with Gasteiger partial charge in [0.05, 0.1) is 30.7 Å². The quantitative estimate of drug-likeness (QED) is 0.101. The molecule has 3 unspecified atom stereocenters. The lowest BCUT2D eigenvalue weighted by molar-refractivity contribution is -0.138. The number of amides is 5. The van der Waals surface area contributed by atoms with E-state index in [1.807, 2.05) is 25.1 Å². The molecule has 65 heavy (non-hydrogen) atoms. The van der Waals surface area contributed by atoms with Gasteiger partial charge >= 0.3 is 5.97 Å². The third-order valence-corrected chi connectivity index (χ3v) is 13.4. The molecule has 0 saturated carbocycles. The molecule has 3 aliphatic heterocycles. The highest BCUT2D eigenvalue weighted by molar-refractivity contribution is 7.89. The largest absolute Gasteiger partial charge is 0.491 e. The standard InChI is InChI=1S/C45H45N7O12S/c1-25-12-13-27(18-29(25)23-51-22-26(2)64-34-9-4-5-11-37(34)65(51,60)61)31(21-40(55)56)28-19-32-42(50(3)49-48-32)36(20-28)62-17-7-16-46-39(54)24-63-35-10-6-8-30-41(35)45(59)52(44(30)58)33-14-15-38(53)47-43(33)57/h4-6,8-13,18-20,26,31,33H,7,14-17,21-24H2,1-3H3,(H,46,54)(H,55,56)(H,47,53,57). The van der Waals surface area contributed by atoms with Crippen molar-refractivity contribution in [2.45, 2.75) is 69.0 Å². The Labute approximate surface area is 372 Å². The van der Waals surface area contributed by atoms with Gasteiger partial charge in [0.2, 0.25) is 21.8 Å². The SMILES string of the molecule is Cc1ccc(C(CC(=O)O)c2cc(OCCCNC(=O)COc3cccc4c3C(=O)N(C3CCC(=O)NC3=O)C4=O)c3c(c2)nnn3C)cc1CN1CC(C)Oc2ccccc2S1(=O)=O. The molecule has 4 heterocycles. The molecular formula is C45H45N7O12S. The van der Waals surface area contributed by atoms with Crippen LogP contribution in [-0.4, -0.2) is 112 Å². The predicted octanol–water partition coefficient (Wildman–Crippen LogP) is 3.22. The van der Waals surface area contributed by atoms with Crippen LogP contribution in [0.25, 0.3) is 11.0 Å². The van der Waals surface area contributed by atoms with E-state index in [1.165, 1.54) is 33.3 Å². The minimum atomic E-state index is -3.93. The average molecular weight is 908 g/mol. The van der Waals surface area contributed by atoms with Crippen LogP contribution in [0, 0.1) is 6.92 Å². The lowest BCUT2D eigenvalue weighted by Gasteiger charge is -2.27. The van der Waals surface area contributed by atoms with Crippen LogP contribution in [-0.2, 0) is 42.8 Å². The molecule has 5 aromatic rings. The molecular weight excluding hydrogens is 863 g/mol. The van der Waals surface area contributed by atoms with Crippen LogP contribution in [0.2, 0.25) is 0 Å². The number of fused-ring (bicyclic) bond motifs is 3. The van der Waals surface area contributed by atoms with Gasteiger partial charge in [-0.3, -0.25) is 39.0 Å². The van der Waals surface area contributed by atoms with E-state index in [0.29, 0.717) is 39.9 Å². The number of nitrogens with zero attached hydrogens (tertiary/aromatic N) is 5. The number of sulfonamides is 1. The van der Waals surface area contributed by atoms with E-state index in [2.05, 4.69) is 20.9 Å². The molecule has 0 radical (unpaired) electrons. The van der Waals surface area contributed by atoms with E-state index < -0.39 is 70.2 Å². The molecule has 338 valence electrons. The number of hydrogen-bond donors (Lipinski definition) is 3. The molecule has 3 aliphatic rings. The van der Waals surface area contributed by atoms with Crippen LogP contribution < -0.4 is 24.8 Å². The second kappa shape index (κ2) is 18.1. The van der Waals surface area contributed by atoms with Crippen molar-refractivity contribution < 1.29 is 56.5 Å². The Kier molecular flexibility index (Phi) is 12.4. The fourth-order valence-electron chi connectivity index (χ4n) is 8.33. The summed E-state index contributed by atoms with van der Waals surface area (Å²) in [6.45, 7) is 3.62. The van der Waals surface area contributed by atoms with Crippen LogP contribution in [0.5, 0.6) is 17.2 Å². The van der Waals surface area contributed by atoms with Crippen LogP contribution in [0.15, 0.2) is 77.7 Å². The number of ether oxygens (including phenoxy) is 3. The summed E-state index contributed by atoms with van der Waals surface area (Å²) in [4.78, 5) is 76.8. The van der Waals surface area contributed by atoms with E-state index in [1.54, 1.807) is 44.3 Å². The van der Waals surface area contributed by atoms with Gasteiger partial charge in [-0.1, -0.05) is 41.6 Å². The smallest absolute Gasteiger partial charge is 0.304 e. The summed E-state index contributed by atoms with van der Waals surface area (Å²) < 4.78 is 48.5. The molecule has 1 fully saturated rings. The van der Waals surface area contributed by atoms with Crippen molar-refractivity contribution >= 4 is 56.6 Å². The van der Waals surface area contributed by atoms with Crippen molar-refractivity contribution in [2.75, 3.05) is 26.3 Å². The second-order valence-corrected chi connectivity index (χ2v) is 18.0. The van der Waals surface area contributed by atoms with Crippen LogP contribution >= 0.6 is 0 Å². The summed E-state index contributed by atoms with van der Waals surface area (Å²) in [5, 5.41) is 23.5. The number of rotatable bonds is 15. The Morgan fingerprint density at radius 2 is 1.78 bits per heavy atom. The van der Waals surface area contributed by atoms with Gasteiger partial charge in [-0.2, -0.15) is 4.31 Å². The highest BCUT2D eigenvalue weighted by Gasteiger charge is 2.46. The number of aliphatic carboxylic acids is 1. The molecule has 0 spiro atoms. The van der Waals surface area contributed by atoms with E-state index in [4.69, 9.17) is 14.2 Å². The van der Waals surface area contributed by atoms with Gasteiger partial charge in [-0.05, 0) is 85.3 Å². The van der Waals surface area contributed by atoms with Gasteiger partial charge in [0, 0.05) is 32.5 Å². The summed E-state index contributed by atoms with van der Waals surface area (Å²) in [6.07, 6.45) is -0.411. The molecule has 3 atom stereocenters. The first-order chi connectivity index (χ1) is 31.1. The maximum Gasteiger partial charge on any atom is 0.304 e. The number of carboxylic acids is 1. The van der Waals surface area contributed by atoms with Gasteiger partial charge in [0.1, 0.15) is 45.3 Å². The number of nitrogens with one attached hydrogen (secondary N) is 2. The summed E-state index contributed by atoms with van der Waals surface area (Å²) in [6, 6.07) is 18.8. The highest BCUT2D eigenvalue weighted by Crippen LogP contribution is 2.38. The number of imide groups is 2. The summed E-state index contributed by atoms with van der Waals surface area (Å²) in [5.74, 6) is -4.28. The zero-order valence-corrected chi connectivity index (χ0v) is 36.4. The van der Waals surface area contributed by atoms with Crippen molar-refractivity contribution in [3.8, 4) is 17.2 Å². The monoisotopic (exact) mass is 907 g/mol. The highest BCUT2D eigenvalue weighted by atomic mass is 32.2.